The van der Waals surface area contributed by atoms with Crippen LogP contribution in [0.15, 0.2) is 59.7 Å². The highest BCUT2D eigenvalue weighted by Crippen LogP contribution is 2.30. The van der Waals surface area contributed by atoms with E-state index in [0.29, 0.717) is 34.1 Å². The molecule has 0 unspecified atom stereocenters. The Kier molecular flexibility index (Phi) is 5.55. The summed E-state index contributed by atoms with van der Waals surface area (Å²) >= 11 is 0. The number of aromatic nitrogens is 2. The van der Waals surface area contributed by atoms with Crippen molar-refractivity contribution in [3.8, 4) is 5.69 Å². The summed E-state index contributed by atoms with van der Waals surface area (Å²) in [6.45, 7) is 3.15. The van der Waals surface area contributed by atoms with Gasteiger partial charge in [0.05, 0.1) is 16.6 Å². The quantitative estimate of drug-likeness (QED) is 0.708. The molecule has 1 N–H and O–H groups in total. The summed E-state index contributed by atoms with van der Waals surface area (Å²) in [5.41, 5.74) is 1.88. The second-order valence-corrected chi connectivity index (χ2v) is 8.70. The number of rotatable bonds is 4. The minimum absolute atomic E-state index is 0.0523. The molecule has 0 saturated carbocycles. The fourth-order valence-electron chi connectivity index (χ4n) is 5.17. The zero-order chi connectivity index (χ0) is 21.2. The minimum Gasteiger partial charge on any atom is -0.352 e. The van der Waals surface area contributed by atoms with Crippen molar-refractivity contribution >= 4 is 16.8 Å². The Bertz CT molecular complexity index is 1140. The second-order valence-electron chi connectivity index (χ2n) is 8.70. The van der Waals surface area contributed by atoms with Crippen LogP contribution in [0.3, 0.4) is 0 Å². The number of carbonyl (C=O) groups is 1. The summed E-state index contributed by atoms with van der Waals surface area (Å²) in [4.78, 5) is 32.5. The summed E-state index contributed by atoms with van der Waals surface area (Å²) in [6.07, 6.45) is 7.81. The smallest absolute Gasteiger partial charge is 0.265 e. The number of fused-ring (bicyclic) bond motifs is 2. The first-order valence-corrected chi connectivity index (χ1v) is 11.3. The van der Waals surface area contributed by atoms with Crippen molar-refractivity contribution in [2.24, 2.45) is 5.92 Å². The van der Waals surface area contributed by atoms with Crippen molar-refractivity contribution in [2.45, 2.75) is 38.1 Å². The number of para-hydroxylation sites is 1. The summed E-state index contributed by atoms with van der Waals surface area (Å²) in [7, 11) is 0. The van der Waals surface area contributed by atoms with Crippen molar-refractivity contribution in [3.05, 3.63) is 70.8 Å². The normalized spacial score (nSPS) is 21.5. The molecule has 6 nitrogen and oxygen atoms in total. The molecule has 2 saturated heterocycles. The summed E-state index contributed by atoms with van der Waals surface area (Å²) in [5.74, 6) is 0.489. The van der Waals surface area contributed by atoms with Crippen LogP contribution >= 0.6 is 0 Å². The first-order chi connectivity index (χ1) is 15.2. The molecular weight excluding hydrogens is 388 g/mol. The topological polar surface area (TPSA) is 67.2 Å². The minimum atomic E-state index is -0.114. The molecule has 1 amide bonds. The van der Waals surface area contributed by atoms with Gasteiger partial charge in [-0.3, -0.25) is 14.2 Å². The van der Waals surface area contributed by atoms with Crippen molar-refractivity contribution in [1.82, 2.24) is 19.8 Å². The van der Waals surface area contributed by atoms with Gasteiger partial charge in [0.2, 0.25) is 0 Å². The fourth-order valence-corrected chi connectivity index (χ4v) is 5.17. The van der Waals surface area contributed by atoms with Gasteiger partial charge in [-0.25, -0.2) is 4.98 Å². The Morgan fingerprint density at radius 1 is 1.00 bits per heavy atom. The highest BCUT2D eigenvalue weighted by atomic mass is 16.1. The maximum absolute atomic E-state index is 12.8. The maximum Gasteiger partial charge on any atom is 0.265 e. The summed E-state index contributed by atoms with van der Waals surface area (Å²) < 4.78 is 1.52. The predicted molar refractivity (Wildman–Crippen MR) is 122 cm³/mol. The number of carbonyl (C=O) groups excluding carboxylic acids is 1. The molecule has 0 radical (unpaired) electrons. The third kappa shape index (κ3) is 4.00. The molecule has 3 heterocycles. The van der Waals surface area contributed by atoms with Crippen molar-refractivity contribution < 1.29 is 4.79 Å². The Hall–Kier alpha value is -2.99. The molecule has 2 aliphatic rings. The van der Waals surface area contributed by atoms with Crippen LogP contribution in [0.4, 0.5) is 0 Å². The fraction of sp³-hybridized carbons (Fsp3) is 0.400. The SMILES string of the molecule is O=C(NC[C@@H]1CCCN2CCCC[C@H]12)c1ccc(-n2cnc3ccccc3c2=O)cc1. The molecule has 160 valence electrons. The van der Waals surface area contributed by atoms with Crippen LogP contribution < -0.4 is 10.9 Å². The molecule has 6 heteroatoms. The van der Waals surface area contributed by atoms with E-state index in [1.165, 1.54) is 49.8 Å². The summed E-state index contributed by atoms with van der Waals surface area (Å²) in [5, 5.41) is 3.73. The van der Waals surface area contributed by atoms with E-state index in [-0.39, 0.29) is 11.5 Å². The van der Waals surface area contributed by atoms with E-state index >= 15 is 0 Å². The molecular formula is C25H28N4O2. The van der Waals surface area contributed by atoms with Crippen LogP contribution in [-0.2, 0) is 0 Å². The molecule has 5 rings (SSSR count). The van der Waals surface area contributed by atoms with E-state index in [2.05, 4.69) is 15.2 Å². The van der Waals surface area contributed by atoms with Crippen LogP contribution in [0.1, 0.15) is 42.5 Å². The van der Waals surface area contributed by atoms with Gasteiger partial charge < -0.3 is 10.2 Å². The largest absolute Gasteiger partial charge is 0.352 e. The lowest BCUT2D eigenvalue weighted by atomic mass is 9.83. The Balaban J connectivity index is 1.27. The number of nitrogens with one attached hydrogen (secondary N) is 1. The van der Waals surface area contributed by atoms with Crippen LogP contribution in [0.25, 0.3) is 16.6 Å². The van der Waals surface area contributed by atoms with E-state index < -0.39 is 0 Å². The van der Waals surface area contributed by atoms with Crippen molar-refractivity contribution in [3.63, 3.8) is 0 Å². The van der Waals surface area contributed by atoms with Gasteiger partial charge >= 0.3 is 0 Å². The maximum atomic E-state index is 12.8. The van der Waals surface area contributed by atoms with Crippen LogP contribution in [0, 0.1) is 5.92 Å². The van der Waals surface area contributed by atoms with E-state index in [9.17, 15) is 9.59 Å². The number of hydrogen-bond acceptors (Lipinski definition) is 4. The van der Waals surface area contributed by atoms with Gasteiger partial charge in [0.1, 0.15) is 6.33 Å². The highest BCUT2D eigenvalue weighted by molar-refractivity contribution is 5.94. The van der Waals surface area contributed by atoms with E-state index in [4.69, 9.17) is 0 Å². The lowest BCUT2D eigenvalue weighted by Crippen LogP contribution is -2.51. The average molecular weight is 417 g/mol. The lowest BCUT2D eigenvalue weighted by molar-refractivity contribution is 0.0575. The van der Waals surface area contributed by atoms with Crippen LogP contribution in [0.2, 0.25) is 0 Å². The average Bonchev–Trinajstić information content (AvgIpc) is 2.83. The molecule has 0 bridgehead atoms. The molecule has 2 fully saturated rings. The first kappa shape index (κ1) is 19.9. The lowest BCUT2D eigenvalue weighted by Gasteiger charge is -2.44. The Labute approximate surface area is 181 Å². The predicted octanol–water partition coefficient (Wildman–Crippen LogP) is 3.38. The van der Waals surface area contributed by atoms with Crippen LogP contribution in [-0.4, -0.2) is 46.0 Å². The van der Waals surface area contributed by atoms with E-state index in [1.54, 1.807) is 36.7 Å². The van der Waals surface area contributed by atoms with Gasteiger partial charge in [-0.1, -0.05) is 18.6 Å². The van der Waals surface area contributed by atoms with E-state index in [0.717, 1.165) is 6.54 Å². The van der Waals surface area contributed by atoms with Crippen LogP contribution in [0.5, 0.6) is 0 Å². The van der Waals surface area contributed by atoms with Gasteiger partial charge in [-0.2, -0.15) is 0 Å². The number of benzene rings is 2. The second kappa shape index (κ2) is 8.63. The molecule has 31 heavy (non-hydrogen) atoms. The zero-order valence-corrected chi connectivity index (χ0v) is 17.7. The first-order valence-electron chi connectivity index (χ1n) is 11.3. The van der Waals surface area contributed by atoms with Gasteiger partial charge in [-0.05, 0) is 81.1 Å². The van der Waals surface area contributed by atoms with Gasteiger partial charge in [0, 0.05) is 18.2 Å². The molecule has 2 aliphatic heterocycles. The van der Waals surface area contributed by atoms with Crippen molar-refractivity contribution in [1.29, 1.82) is 0 Å². The third-order valence-electron chi connectivity index (χ3n) is 6.83. The third-order valence-corrected chi connectivity index (χ3v) is 6.83. The molecule has 2 atom stereocenters. The number of amides is 1. The standard InChI is InChI=1S/C25H28N4O2/c30-24(26-16-19-6-5-15-28-14-4-3-9-23(19)28)18-10-12-20(13-11-18)29-17-27-22-8-2-1-7-21(22)25(29)31/h1-2,7-8,10-13,17,19,23H,3-6,9,14-16H2,(H,26,30)/t19-,23+/m0/s1. The van der Waals surface area contributed by atoms with Gasteiger partial charge in [0.15, 0.2) is 0 Å². The Morgan fingerprint density at radius 3 is 2.68 bits per heavy atom. The zero-order valence-electron chi connectivity index (χ0n) is 17.7. The monoisotopic (exact) mass is 416 g/mol. The highest BCUT2D eigenvalue weighted by Gasteiger charge is 2.32. The molecule has 2 aromatic carbocycles. The molecule has 0 aliphatic carbocycles. The van der Waals surface area contributed by atoms with Crippen molar-refractivity contribution in [2.75, 3.05) is 19.6 Å². The molecule has 3 aromatic rings. The number of piperidine rings is 2. The molecule has 0 spiro atoms. The van der Waals surface area contributed by atoms with E-state index in [1.807, 2.05) is 18.2 Å². The summed E-state index contributed by atoms with van der Waals surface area (Å²) in [6, 6.07) is 15.1. The van der Waals surface area contributed by atoms with Gasteiger partial charge in [0.25, 0.3) is 11.5 Å². The van der Waals surface area contributed by atoms with Gasteiger partial charge in [-0.15, -0.1) is 0 Å². The number of hydrogen-bond donors (Lipinski definition) is 1. The molecule has 1 aromatic heterocycles. The number of nitrogens with zero attached hydrogens (tertiary/aromatic N) is 3. The Morgan fingerprint density at radius 2 is 1.81 bits per heavy atom.